The summed E-state index contributed by atoms with van der Waals surface area (Å²) in [5.74, 6) is -0.273. The monoisotopic (exact) mass is 353 g/mol. The molecule has 5 nitrogen and oxygen atoms in total. The zero-order chi connectivity index (χ0) is 18.2. The fraction of sp³-hybridized carbons (Fsp3) is 0.412. The number of aliphatic hydroxyl groups is 1. The van der Waals surface area contributed by atoms with Crippen LogP contribution >= 0.6 is 0 Å². The number of aliphatic hydroxyl groups excluding tert-OH is 1. The molecule has 1 amide bonds. The number of hydrogen-bond acceptors (Lipinski definition) is 3. The first-order valence-corrected chi connectivity index (χ1v) is 7.89. The Bertz CT molecular complexity index is 772. The SMILES string of the molecule is Cc1cc(CC(=O)N2C[C@H](O)C[C@H]2c2cccc(C(F)(F)F)c2)n[nH]1. The summed E-state index contributed by atoms with van der Waals surface area (Å²) in [6, 6.07) is 6.07. The fourth-order valence-corrected chi connectivity index (χ4v) is 3.15. The number of H-pyrrole nitrogens is 1. The van der Waals surface area contributed by atoms with Crippen LogP contribution in [0.3, 0.4) is 0 Å². The first kappa shape index (κ1) is 17.5. The van der Waals surface area contributed by atoms with E-state index in [1.807, 2.05) is 6.92 Å². The molecule has 2 N–H and O–H groups in total. The number of aromatic amines is 1. The Morgan fingerprint density at radius 3 is 2.80 bits per heavy atom. The van der Waals surface area contributed by atoms with E-state index in [0.717, 1.165) is 17.8 Å². The Morgan fingerprint density at radius 2 is 2.16 bits per heavy atom. The predicted octanol–water partition coefficient (Wildman–Crippen LogP) is 2.61. The van der Waals surface area contributed by atoms with Crippen LogP contribution in [-0.4, -0.2) is 38.8 Å². The summed E-state index contributed by atoms with van der Waals surface area (Å²) in [6.07, 6.45) is -4.96. The number of alkyl halides is 3. The third-order valence-electron chi connectivity index (χ3n) is 4.29. The molecule has 0 unspecified atom stereocenters. The number of carbonyl (C=O) groups is 1. The molecule has 1 aromatic carbocycles. The van der Waals surface area contributed by atoms with Crippen molar-refractivity contribution in [3.05, 3.63) is 52.8 Å². The predicted molar refractivity (Wildman–Crippen MR) is 83.6 cm³/mol. The second kappa shape index (κ2) is 6.51. The standard InChI is InChI=1S/C17H18F3N3O2/c1-10-5-13(22-21-10)7-16(25)23-9-14(24)8-15(23)11-3-2-4-12(6-11)17(18,19)20/h2-6,14-15,24H,7-9H2,1H3,(H,21,22)/t14-,15+/m1/s1. The minimum atomic E-state index is -4.45. The second-order valence-electron chi connectivity index (χ2n) is 6.29. The number of hydrogen-bond donors (Lipinski definition) is 2. The number of likely N-dealkylation sites (tertiary alicyclic amines) is 1. The molecule has 3 rings (SSSR count). The van der Waals surface area contributed by atoms with Gasteiger partial charge >= 0.3 is 6.18 Å². The molecule has 0 radical (unpaired) electrons. The van der Waals surface area contributed by atoms with Crippen molar-refractivity contribution >= 4 is 5.91 Å². The second-order valence-corrected chi connectivity index (χ2v) is 6.29. The van der Waals surface area contributed by atoms with E-state index >= 15 is 0 Å². The fourth-order valence-electron chi connectivity index (χ4n) is 3.15. The summed E-state index contributed by atoms with van der Waals surface area (Å²) < 4.78 is 38.8. The van der Waals surface area contributed by atoms with Gasteiger partial charge in [0.25, 0.3) is 0 Å². The Balaban J connectivity index is 1.83. The number of halogens is 3. The van der Waals surface area contributed by atoms with Crippen LogP contribution in [0.5, 0.6) is 0 Å². The van der Waals surface area contributed by atoms with Crippen LogP contribution < -0.4 is 0 Å². The summed E-state index contributed by atoms with van der Waals surface area (Å²) in [6.45, 7) is 1.91. The molecule has 1 aliphatic rings. The van der Waals surface area contributed by atoms with Gasteiger partial charge in [-0.15, -0.1) is 0 Å². The lowest BCUT2D eigenvalue weighted by molar-refractivity contribution is -0.137. The van der Waals surface area contributed by atoms with Crippen molar-refractivity contribution in [2.24, 2.45) is 0 Å². The number of β-amino-alcohol motifs (C(OH)–C–C–N with tert-alkyl or cyclic N) is 1. The Labute approximate surface area is 142 Å². The molecule has 0 saturated carbocycles. The van der Waals surface area contributed by atoms with Gasteiger partial charge in [-0.3, -0.25) is 9.89 Å². The van der Waals surface area contributed by atoms with Gasteiger partial charge in [-0.1, -0.05) is 12.1 Å². The molecular formula is C17H18F3N3O2. The van der Waals surface area contributed by atoms with Crippen molar-refractivity contribution in [2.45, 2.75) is 38.1 Å². The maximum atomic E-state index is 12.9. The van der Waals surface area contributed by atoms with E-state index < -0.39 is 23.9 Å². The van der Waals surface area contributed by atoms with Crippen molar-refractivity contribution in [1.82, 2.24) is 15.1 Å². The molecular weight excluding hydrogens is 335 g/mol. The van der Waals surface area contributed by atoms with Gasteiger partial charge in [0.05, 0.1) is 29.8 Å². The number of aromatic nitrogens is 2. The molecule has 0 aliphatic carbocycles. The van der Waals surface area contributed by atoms with Crippen LogP contribution in [-0.2, 0) is 17.4 Å². The van der Waals surface area contributed by atoms with Crippen LogP contribution in [0, 0.1) is 6.92 Å². The minimum Gasteiger partial charge on any atom is -0.391 e. The van der Waals surface area contributed by atoms with Gasteiger partial charge in [0.15, 0.2) is 0 Å². The highest BCUT2D eigenvalue weighted by Gasteiger charge is 2.37. The van der Waals surface area contributed by atoms with Gasteiger partial charge in [-0.25, -0.2) is 0 Å². The molecule has 1 fully saturated rings. The van der Waals surface area contributed by atoms with Gasteiger partial charge in [-0.05, 0) is 37.1 Å². The van der Waals surface area contributed by atoms with Crippen LogP contribution in [0.2, 0.25) is 0 Å². The molecule has 2 atom stereocenters. The van der Waals surface area contributed by atoms with Crippen molar-refractivity contribution in [3.8, 4) is 0 Å². The summed E-state index contributed by atoms with van der Waals surface area (Å²) in [5.41, 5.74) is 0.991. The molecule has 0 bridgehead atoms. The van der Waals surface area contributed by atoms with E-state index in [9.17, 15) is 23.1 Å². The molecule has 1 aliphatic heterocycles. The third-order valence-corrected chi connectivity index (χ3v) is 4.29. The zero-order valence-electron chi connectivity index (χ0n) is 13.5. The van der Waals surface area contributed by atoms with Gasteiger partial charge in [0.1, 0.15) is 0 Å². The molecule has 1 saturated heterocycles. The highest BCUT2D eigenvalue weighted by molar-refractivity contribution is 5.79. The number of benzene rings is 1. The van der Waals surface area contributed by atoms with Crippen molar-refractivity contribution in [1.29, 1.82) is 0 Å². The largest absolute Gasteiger partial charge is 0.416 e. The molecule has 134 valence electrons. The smallest absolute Gasteiger partial charge is 0.391 e. The number of nitrogens with zero attached hydrogens (tertiary/aromatic N) is 2. The van der Waals surface area contributed by atoms with E-state index in [1.165, 1.54) is 11.0 Å². The van der Waals surface area contributed by atoms with Crippen LogP contribution in [0.1, 0.15) is 35.0 Å². The van der Waals surface area contributed by atoms with Crippen molar-refractivity contribution in [3.63, 3.8) is 0 Å². The molecule has 2 heterocycles. The van der Waals surface area contributed by atoms with Crippen molar-refractivity contribution < 1.29 is 23.1 Å². The molecule has 1 aromatic heterocycles. The Morgan fingerprint density at radius 1 is 1.40 bits per heavy atom. The highest BCUT2D eigenvalue weighted by atomic mass is 19.4. The molecule has 0 spiro atoms. The van der Waals surface area contributed by atoms with Gasteiger partial charge < -0.3 is 10.0 Å². The Hall–Kier alpha value is -2.35. The Kier molecular flexibility index (Phi) is 4.55. The highest BCUT2D eigenvalue weighted by Crippen LogP contribution is 2.36. The summed E-state index contributed by atoms with van der Waals surface area (Å²) in [7, 11) is 0. The molecule has 2 aromatic rings. The van der Waals surface area contributed by atoms with Gasteiger partial charge in [0.2, 0.25) is 5.91 Å². The van der Waals surface area contributed by atoms with E-state index in [4.69, 9.17) is 0 Å². The maximum absolute atomic E-state index is 12.9. The quantitative estimate of drug-likeness (QED) is 0.891. The topological polar surface area (TPSA) is 69.2 Å². The minimum absolute atomic E-state index is 0.0342. The van der Waals surface area contributed by atoms with Crippen LogP contribution in [0.4, 0.5) is 13.2 Å². The van der Waals surface area contributed by atoms with E-state index in [-0.39, 0.29) is 25.3 Å². The normalized spacial score (nSPS) is 20.9. The van der Waals surface area contributed by atoms with E-state index in [1.54, 1.807) is 12.1 Å². The third kappa shape index (κ3) is 3.84. The lowest BCUT2D eigenvalue weighted by Crippen LogP contribution is -2.33. The summed E-state index contributed by atoms with van der Waals surface area (Å²) in [5, 5.41) is 16.7. The maximum Gasteiger partial charge on any atom is 0.416 e. The number of rotatable bonds is 3. The average molecular weight is 353 g/mol. The van der Waals surface area contributed by atoms with E-state index in [2.05, 4.69) is 10.2 Å². The first-order chi connectivity index (χ1) is 11.7. The van der Waals surface area contributed by atoms with Gasteiger partial charge in [-0.2, -0.15) is 18.3 Å². The lowest BCUT2D eigenvalue weighted by atomic mass is 10.0. The summed E-state index contributed by atoms with van der Waals surface area (Å²) >= 11 is 0. The lowest BCUT2D eigenvalue weighted by Gasteiger charge is -2.25. The van der Waals surface area contributed by atoms with Crippen LogP contribution in [0.25, 0.3) is 0 Å². The number of nitrogens with one attached hydrogen (secondary N) is 1. The molecule has 25 heavy (non-hydrogen) atoms. The number of aryl methyl sites for hydroxylation is 1. The number of amides is 1. The number of carbonyl (C=O) groups excluding carboxylic acids is 1. The van der Waals surface area contributed by atoms with Crippen molar-refractivity contribution in [2.75, 3.05) is 6.54 Å². The van der Waals surface area contributed by atoms with E-state index in [0.29, 0.717) is 11.3 Å². The van der Waals surface area contributed by atoms with Crippen LogP contribution in [0.15, 0.2) is 30.3 Å². The summed E-state index contributed by atoms with van der Waals surface area (Å²) in [4.78, 5) is 14.0. The zero-order valence-corrected chi connectivity index (χ0v) is 13.5. The van der Waals surface area contributed by atoms with Gasteiger partial charge in [0, 0.05) is 12.2 Å². The average Bonchev–Trinajstić information content (AvgIpc) is 3.12. The first-order valence-electron chi connectivity index (χ1n) is 7.89. The molecule has 8 heteroatoms.